The molecule has 0 unspecified atom stereocenters. The van der Waals surface area contributed by atoms with Crippen molar-refractivity contribution >= 4 is 10.4 Å². The average Bonchev–Trinajstić information content (AvgIpc) is 2.94. The molecule has 0 saturated heterocycles. The van der Waals surface area contributed by atoms with E-state index >= 15 is 0 Å². The first-order valence-corrected chi connectivity index (χ1v) is 20.2. The Balaban J connectivity index is 0. The first-order valence-electron chi connectivity index (χ1n) is 18.8. The van der Waals surface area contributed by atoms with Gasteiger partial charge in [-0.3, -0.25) is 8.42 Å². The van der Waals surface area contributed by atoms with Gasteiger partial charge in [-0.1, -0.05) is 175 Å². The molecule has 0 amide bonds. The van der Waals surface area contributed by atoms with Crippen LogP contribution in [0.5, 0.6) is 0 Å². The summed E-state index contributed by atoms with van der Waals surface area (Å²) >= 11 is 0. The van der Waals surface area contributed by atoms with Crippen LogP contribution >= 0.6 is 0 Å². The van der Waals surface area contributed by atoms with E-state index in [9.17, 15) is 0 Å². The van der Waals surface area contributed by atoms with Crippen LogP contribution in [0.4, 0.5) is 0 Å². The summed E-state index contributed by atoms with van der Waals surface area (Å²) < 4.78 is 34.1. The van der Waals surface area contributed by atoms with Gasteiger partial charge < -0.3 is 14.0 Å². The fourth-order valence-corrected chi connectivity index (χ4v) is 5.96. The topological polar surface area (TPSA) is 84.7 Å². The highest BCUT2D eigenvalue weighted by molar-refractivity contribution is 7.79. The van der Waals surface area contributed by atoms with E-state index < -0.39 is 10.4 Å². The first-order chi connectivity index (χ1) is 20.3. The average molecular weight is 619 g/mol. The minimum atomic E-state index is -5.17. The zero-order chi connectivity index (χ0) is 31.4. The molecular weight excluding hydrogens is 542 g/mol. The van der Waals surface area contributed by atoms with Crippen molar-refractivity contribution in [2.45, 2.75) is 213 Å². The van der Waals surface area contributed by atoms with Crippen LogP contribution < -0.4 is 4.90 Å². The van der Waals surface area contributed by atoms with Gasteiger partial charge in [0.1, 0.15) is 0 Å². The molecular formula is C36H76NO4S-. The summed E-state index contributed by atoms with van der Waals surface area (Å²) in [6, 6.07) is 0. The minimum absolute atomic E-state index is 1.37. The minimum Gasteiger partial charge on any atom is -0.759 e. The number of quaternary nitrogens is 1. The SMILES string of the molecule is CCCCCCCCCCCC[NH+](CCCCCCCCCCCC)CCCCCCCCCCCC.O=S(=O)([O-])[O-]. The molecule has 0 aliphatic heterocycles. The molecule has 0 aliphatic carbocycles. The van der Waals surface area contributed by atoms with Gasteiger partial charge in [-0.25, -0.2) is 0 Å². The largest absolute Gasteiger partial charge is 0.759 e. The predicted molar refractivity (Wildman–Crippen MR) is 182 cm³/mol. The molecule has 42 heavy (non-hydrogen) atoms. The van der Waals surface area contributed by atoms with Gasteiger partial charge in [-0.15, -0.1) is 0 Å². The molecule has 0 atom stereocenters. The molecule has 0 fully saturated rings. The lowest BCUT2D eigenvalue weighted by molar-refractivity contribution is -0.900. The molecule has 0 aliphatic rings. The summed E-state index contributed by atoms with van der Waals surface area (Å²) in [6.07, 6.45) is 43.9. The standard InChI is InChI=1S/C36H75N.H2O4S/c1-4-7-10-13-16-19-22-25-28-31-34-37(35-32-29-26-23-20-17-14-11-8-5-2)36-33-30-27-24-21-18-15-12-9-6-3;1-5(2,3)4/h4-36H2,1-3H3;(H2,1,2,3,4)/p-1. The van der Waals surface area contributed by atoms with Crippen LogP contribution in [0, 0.1) is 0 Å². The van der Waals surface area contributed by atoms with Crippen LogP contribution in [-0.2, 0) is 10.4 Å². The van der Waals surface area contributed by atoms with Crippen molar-refractivity contribution in [1.82, 2.24) is 0 Å². The molecule has 0 aromatic carbocycles. The second-order valence-electron chi connectivity index (χ2n) is 13.0. The van der Waals surface area contributed by atoms with Crippen molar-refractivity contribution in [3.05, 3.63) is 0 Å². The van der Waals surface area contributed by atoms with Crippen molar-refractivity contribution in [2.24, 2.45) is 0 Å². The lowest BCUT2D eigenvalue weighted by Gasteiger charge is -2.20. The molecule has 0 aromatic heterocycles. The number of hydrogen-bond donors (Lipinski definition) is 1. The lowest BCUT2D eigenvalue weighted by atomic mass is 10.1. The molecule has 0 saturated carbocycles. The van der Waals surface area contributed by atoms with Gasteiger partial charge in [-0.05, 0) is 38.5 Å². The number of rotatable bonds is 33. The second-order valence-corrected chi connectivity index (χ2v) is 13.8. The van der Waals surface area contributed by atoms with E-state index in [1.165, 1.54) is 212 Å². The zero-order valence-electron chi connectivity index (χ0n) is 28.9. The van der Waals surface area contributed by atoms with E-state index in [1.807, 2.05) is 4.90 Å². The Kier molecular flexibility index (Phi) is 38.7. The summed E-state index contributed by atoms with van der Waals surface area (Å²) in [5.74, 6) is 0. The van der Waals surface area contributed by atoms with Crippen molar-refractivity contribution in [3.63, 3.8) is 0 Å². The quantitative estimate of drug-likeness (QED) is 0.0450. The maximum Gasteiger partial charge on any atom is 0.0770 e. The maximum absolute atomic E-state index is 8.52. The number of unbranched alkanes of at least 4 members (excludes halogenated alkanes) is 27. The summed E-state index contributed by atoms with van der Waals surface area (Å²) in [7, 11) is -5.17. The third-order valence-corrected chi connectivity index (χ3v) is 8.65. The van der Waals surface area contributed by atoms with Crippen LogP contribution in [0.25, 0.3) is 0 Å². The molecule has 0 heterocycles. The Bertz CT molecular complexity index is 520. The first kappa shape index (κ1) is 44.0. The van der Waals surface area contributed by atoms with Crippen LogP contribution in [0.3, 0.4) is 0 Å². The second kappa shape index (κ2) is 37.0. The molecule has 0 radical (unpaired) electrons. The molecule has 6 heteroatoms. The van der Waals surface area contributed by atoms with Gasteiger partial charge in [0.15, 0.2) is 0 Å². The maximum atomic E-state index is 8.52. The number of nitrogens with one attached hydrogen (secondary N) is 1. The van der Waals surface area contributed by atoms with E-state index in [2.05, 4.69) is 20.8 Å². The molecule has 0 spiro atoms. The van der Waals surface area contributed by atoms with Crippen molar-refractivity contribution in [3.8, 4) is 0 Å². The van der Waals surface area contributed by atoms with E-state index in [4.69, 9.17) is 17.5 Å². The summed E-state index contributed by atoms with van der Waals surface area (Å²) in [5.41, 5.74) is 0. The Morgan fingerprint density at radius 2 is 0.476 bits per heavy atom. The fourth-order valence-electron chi connectivity index (χ4n) is 5.96. The summed E-state index contributed by atoms with van der Waals surface area (Å²) in [6.45, 7) is 11.3. The molecule has 5 nitrogen and oxygen atoms in total. The van der Waals surface area contributed by atoms with Gasteiger partial charge in [0, 0.05) is 10.4 Å². The van der Waals surface area contributed by atoms with Crippen LogP contribution in [0.1, 0.15) is 213 Å². The Hall–Kier alpha value is -0.170. The highest BCUT2D eigenvalue weighted by atomic mass is 32.3. The van der Waals surface area contributed by atoms with E-state index in [0.29, 0.717) is 0 Å². The predicted octanol–water partition coefficient (Wildman–Crippen LogP) is 10.3. The lowest BCUT2D eigenvalue weighted by Crippen LogP contribution is -3.12. The Labute approximate surface area is 265 Å². The van der Waals surface area contributed by atoms with Crippen molar-refractivity contribution < 1.29 is 22.4 Å². The smallest absolute Gasteiger partial charge is 0.0770 e. The summed E-state index contributed by atoms with van der Waals surface area (Å²) in [4.78, 5) is 1.94. The van der Waals surface area contributed by atoms with Crippen LogP contribution in [-0.4, -0.2) is 37.2 Å². The van der Waals surface area contributed by atoms with Gasteiger partial charge in [0.05, 0.1) is 19.6 Å². The Morgan fingerprint density at radius 1 is 0.333 bits per heavy atom. The highest BCUT2D eigenvalue weighted by Gasteiger charge is 2.08. The summed E-state index contributed by atoms with van der Waals surface area (Å²) in [5, 5.41) is 0. The van der Waals surface area contributed by atoms with Crippen LogP contribution in [0.15, 0.2) is 0 Å². The van der Waals surface area contributed by atoms with Crippen LogP contribution in [0.2, 0.25) is 0 Å². The van der Waals surface area contributed by atoms with Gasteiger partial charge in [0.2, 0.25) is 0 Å². The zero-order valence-corrected chi connectivity index (χ0v) is 29.7. The molecule has 0 rings (SSSR count). The monoisotopic (exact) mass is 619 g/mol. The fraction of sp³-hybridized carbons (Fsp3) is 1.00. The van der Waals surface area contributed by atoms with E-state index in [1.54, 1.807) is 0 Å². The molecule has 0 aromatic rings. The Morgan fingerprint density at radius 3 is 0.643 bits per heavy atom. The molecule has 1 N–H and O–H groups in total. The third kappa shape index (κ3) is 46.8. The number of hydrogen-bond acceptors (Lipinski definition) is 4. The third-order valence-electron chi connectivity index (χ3n) is 8.65. The van der Waals surface area contributed by atoms with Crippen molar-refractivity contribution in [1.29, 1.82) is 0 Å². The van der Waals surface area contributed by atoms with Gasteiger partial charge in [-0.2, -0.15) is 0 Å². The van der Waals surface area contributed by atoms with E-state index in [0.717, 1.165) is 0 Å². The van der Waals surface area contributed by atoms with Crippen molar-refractivity contribution in [2.75, 3.05) is 19.6 Å². The highest BCUT2D eigenvalue weighted by Crippen LogP contribution is 2.12. The molecule has 256 valence electrons. The van der Waals surface area contributed by atoms with Gasteiger partial charge >= 0.3 is 0 Å². The van der Waals surface area contributed by atoms with E-state index in [-0.39, 0.29) is 0 Å². The molecule has 0 bridgehead atoms. The normalized spacial score (nSPS) is 11.7. The van der Waals surface area contributed by atoms with Gasteiger partial charge in [0.25, 0.3) is 0 Å².